The van der Waals surface area contributed by atoms with Crippen molar-refractivity contribution < 1.29 is 4.52 Å². The zero-order valence-corrected chi connectivity index (χ0v) is 17.3. The average Bonchev–Trinajstić information content (AvgIpc) is 3.39. The van der Waals surface area contributed by atoms with Crippen LogP contribution in [0.2, 0.25) is 5.02 Å². The predicted octanol–water partition coefficient (Wildman–Crippen LogP) is 4.20. The minimum Gasteiger partial charge on any atom is -0.337 e. The number of nitrogens with zero attached hydrogens (tertiary/aromatic N) is 5. The third-order valence-corrected chi connectivity index (χ3v) is 5.03. The molecule has 0 saturated carbocycles. The highest BCUT2D eigenvalue weighted by Crippen LogP contribution is 2.31. The van der Waals surface area contributed by atoms with Gasteiger partial charge >= 0.3 is 5.76 Å². The first-order valence-corrected chi connectivity index (χ1v) is 9.90. The number of H-pyrrole nitrogens is 2. The predicted molar refractivity (Wildman–Crippen MR) is 116 cm³/mol. The molecule has 0 aliphatic carbocycles. The van der Waals surface area contributed by atoms with E-state index in [0.29, 0.717) is 50.4 Å². The number of aromatic nitrogens is 7. The Labute approximate surface area is 180 Å². The van der Waals surface area contributed by atoms with Gasteiger partial charge in [0.1, 0.15) is 22.6 Å². The van der Waals surface area contributed by atoms with Crippen molar-refractivity contribution in [3.63, 3.8) is 0 Å². The highest BCUT2D eigenvalue weighted by molar-refractivity contribution is 6.30. The SMILES string of the molecule is CC(C)c1ccnc(-c2nc3c(-c4cncc(Cl)c4)nc(-c4noc(=O)[nH]4)cc3[nH]2)c1. The lowest BCUT2D eigenvalue weighted by Crippen LogP contribution is -1.97. The second-order valence-electron chi connectivity index (χ2n) is 7.30. The van der Waals surface area contributed by atoms with Crippen LogP contribution in [0.3, 0.4) is 0 Å². The highest BCUT2D eigenvalue weighted by atomic mass is 35.5. The summed E-state index contributed by atoms with van der Waals surface area (Å²) < 4.78 is 4.64. The topological polar surface area (TPSA) is 126 Å². The molecule has 0 amide bonds. The summed E-state index contributed by atoms with van der Waals surface area (Å²) >= 11 is 6.15. The number of nitrogens with one attached hydrogen (secondary N) is 2. The van der Waals surface area contributed by atoms with Crippen LogP contribution in [0.1, 0.15) is 25.3 Å². The van der Waals surface area contributed by atoms with E-state index in [0.717, 1.165) is 5.56 Å². The van der Waals surface area contributed by atoms with Crippen molar-refractivity contribution >= 4 is 22.6 Å². The molecule has 0 spiro atoms. The Morgan fingerprint density at radius 3 is 2.65 bits per heavy atom. The van der Waals surface area contributed by atoms with E-state index in [2.05, 4.69) is 48.4 Å². The van der Waals surface area contributed by atoms with Gasteiger partial charge in [-0.1, -0.05) is 30.6 Å². The van der Waals surface area contributed by atoms with Crippen molar-refractivity contribution in [1.82, 2.24) is 35.1 Å². The van der Waals surface area contributed by atoms with Crippen molar-refractivity contribution in [3.8, 4) is 34.3 Å². The Kier molecular flexibility index (Phi) is 4.59. The molecule has 0 bridgehead atoms. The average molecular weight is 434 g/mol. The molecule has 0 fully saturated rings. The van der Waals surface area contributed by atoms with Crippen LogP contribution < -0.4 is 5.76 Å². The van der Waals surface area contributed by atoms with Crippen LogP contribution in [0.15, 0.2) is 52.2 Å². The van der Waals surface area contributed by atoms with Crippen LogP contribution in [0, 0.1) is 0 Å². The molecule has 5 aromatic heterocycles. The van der Waals surface area contributed by atoms with Crippen molar-refractivity contribution in [3.05, 3.63) is 64.0 Å². The van der Waals surface area contributed by atoms with Crippen molar-refractivity contribution in [2.24, 2.45) is 0 Å². The number of aromatic amines is 2. The first-order valence-electron chi connectivity index (χ1n) is 9.52. The lowest BCUT2D eigenvalue weighted by atomic mass is 10.0. The zero-order chi connectivity index (χ0) is 21.5. The number of rotatable bonds is 4. The Hall–Kier alpha value is -3.85. The molecule has 0 aromatic carbocycles. The molecule has 2 N–H and O–H groups in total. The number of halogens is 1. The maximum absolute atomic E-state index is 11.4. The standard InChI is InChI=1S/C21H16ClN7O2/c1-10(2)11-3-4-24-15(6-11)19-26-14-7-16(20-28-21(30)31-29-20)25-17(18(14)27-19)12-5-13(22)9-23-8-12/h3-10H,1-2H3,(H,26,27)(H,28,29,30). The van der Waals surface area contributed by atoms with Gasteiger partial charge < -0.3 is 4.98 Å². The van der Waals surface area contributed by atoms with Crippen LogP contribution >= 0.6 is 11.6 Å². The van der Waals surface area contributed by atoms with Crippen LogP contribution in [0.5, 0.6) is 0 Å². The van der Waals surface area contributed by atoms with Crippen molar-refractivity contribution in [1.29, 1.82) is 0 Å². The molecule has 9 nitrogen and oxygen atoms in total. The molecule has 0 radical (unpaired) electrons. The summed E-state index contributed by atoms with van der Waals surface area (Å²) in [6.45, 7) is 4.24. The molecule has 0 atom stereocenters. The summed E-state index contributed by atoms with van der Waals surface area (Å²) in [5.41, 5.74) is 4.80. The molecule has 5 heterocycles. The van der Waals surface area contributed by atoms with Gasteiger partial charge in [0.05, 0.1) is 10.5 Å². The first kappa shape index (κ1) is 19.1. The second kappa shape index (κ2) is 7.44. The fraction of sp³-hybridized carbons (Fsp3) is 0.143. The first-order chi connectivity index (χ1) is 15.0. The molecular formula is C21H16ClN7O2. The zero-order valence-electron chi connectivity index (χ0n) is 16.5. The molecule has 0 aliphatic rings. The van der Waals surface area contributed by atoms with Crippen LogP contribution in [-0.4, -0.2) is 35.1 Å². The van der Waals surface area contributed by atoms with Gasteiger partial charge in [-0.3, -0.25) is 19.5 Å². The molecule has 10 heteroatoms. The van der Waals surface area contributed by atoms with E-state index in [1.54, 1.807) is 30.7 Å². The van der Waals surface area contributed by atoms with Gasteiger partial charge in [0.2, 0.25) is 5.82 Å². The fourth-order valence-electron chi connectivity index (χ4n) is 3.28. The van der Waals surface area contributed by atoms with Gasteiger partial charge in [0, 0.05) is 24.2 Å². The number of imidazole rings is 1. The molecule has 0 unspecified atom stereocenters. The third-order valence-electron chi connectivity index (χ3n) is 4.82. The lowest BCUT2D eigenvalue weighted by Gasteiger charge is -2.05. The number of fused-ring (bicyclic) bond motifs is 1. The minimum absolute atomic E-state index is 0.208. The van der Waals surface area contributed by atoms with E-state index in [1.807, 2.05) is 12.1 Å². The normalized spacial score (nSPS) is 11.5. The molecule has 5 rings (SSSR count). The van der Waals surface area contributed by atoms with Gasteiger partial charge in [-0.25, -0.2) is 14.8 Å². The molecule has 0 aliphatic heterocycles. The Bertz CT molecular complexity index is 1470. The van der Waals surface area contributed by atoms with Gasteiger partial charge in [-0.2, -0.15) is 0 Å². The highest BCUT2D eigenvalue weighted by Gasteiger charge is 2.18. The largest absolute Gasteiger partial charge is 0.439 e. The van der Waals surface area contributed by atoms with E-state index in [1.165, 1.54) is 0 Å². The molecule has 31 heavy (non-hydrogen) atoms. The third kappa shape index (κ3) is 3.59. The number of hydrogen-bond donors (Lipinski definition) is 2. The van der Waals surface area contributed by atoms with Crippen molar-refractivity contribution in [2.45, 2.75) is 19.8 Å². The summed E-state index contributed by atoms with van der Waals surface area (Å²) in [6, 6.07) is 7.48. The minimum atomic E-state index is -0.664. The van der Waals surface area contributed by atoms with Gasteiger partial charge in [0.25, 0.3) is 0 Å². The monoisotopic (exact) mass is 433 g/mol. The lowest BCUT2D eigenvalue weighted by molar-refractivity contribution is 0.388. The summed E-state index contributed by atoms with van der Waals surface area (Å²) in [6.07, 6.45) is 4.96. The fourth-order valence-corrected chi connectivity index (χ4v) is 3.45. The quantitative estimate of drug-likeness (QED) is 0.434. The smallest absolute Gasteiger partial charge is 0.337 e. The van der Waals surface area contributed by atoms with E-state index < -0.39 is 5.76 Å². The molecule has 0 saturated heterocycles. The van der Waals surface area contributed by atoms with Gasteiger partial charge in [-0.15, -0.1) is 0 Å². The molecular weight excluding hydrogens is 418 g/mol. The van der Waals surface area contributed by atoms with E-state index >= 15 is 0 Å². The maximum Gasteiger partial charge on any atom is 0.439 e. The van der Waals surface area contributed by atoms with Crippen LogP contribution in [0.4, 0.5) is 0 Å². The van der Waals surface area contributed by atoms with Crippen LogP contribution in [0.25, 0.3) is 45.3 Å². The molecule has 5 aromatic rings. The summed E-state index contributed by atoms with van der Waals surface area (Å²) in [4.78, 5) is 35.3. The van der Waals surface area contributed by atoms with Gasteiger partial charge in [-0.05, 0) is 35.7 Å². The number of hydrogen-bond acceptors (Lipinski definition) is 7. The maximum atomic E-state index is 11.4. The van der Waals surface area contributed by atoms with E-state index in [-0.39, 0.29) is 5.82 Å². The van der Waals surface area contributed by atoms with E-state index in [4.69, 9.17) is 16.6 Å². The Morgan fingerprint density at radius 2 is 1.90 bits per heavy atom. The second-order valence-corrected chi connectivity index (χ2v) is 7.74. The van der Waals surface area contributed by atoms with Crippen molar-refractivity contribution in [2.75, 3.05) is 0 Å². The summed E-state index contributed by atoms with van der Waals surface area (Å²) in [5, 5.41) is 4.21. The van der Waals surface area contributed by atoms with Gasteiger partial charge in [0.15, 0.2) is 5.82 Å². The van der Waals surface area contributed by atoms with E-state index in [9.17, 15) is 4.79 Å². The number of pyridine rings is 3. The summed E-state index contributed by atoms with van der Waals surface area (Å²) in [5.74, 6) is 0.500. The Morgan fingerprint density at radius 1 is 1.03 bits per heavy atom. The Balaban J connectivity index is 1.75. The summed E-state index contributed by atoms with van der Waals surface area (Å²) in [7, 11) is 0. The van der Waals surface area contributed by atoms with Crippen LogP contribution in [-0.2, 0) is 0 Å². The molecule has 154 valence electrons.